The van der Waals surface area contributed by atoms with E-state index in [1.54, 1.807) is 30.3 Å². The molecule has 1 aromatic heterocycles. The second-order valence-electron chi connectivity index (χ2n) is 5.35. The van der Waals surface area contributed by atoms with Gasteiger partial charge in [-0.2, -0.15) is 5.26 Å². The Morgan fingerprint density at radius 3 is 2.81 bits per heavy atom. The molecule has 0 aliphatic carbocycles. The minimum atomic E-state index is -0.283. The molecule has 0 unspecified atom stereocenters. The van der Waals surface area contributed by atoms with E-state index >= 15 is 0 Å². The first-order chi connectivity index (χ1) is 13.1. The van der Waals surface area contributed by atoms with Crippen molar-refractivity contribution in [2.75, 3.05) is 5.32 Å². The number of carbonyl (C=O) groups is 1. The van der Waals surface area contributed by atoms with Crippen molar-refractivity contribution in [3.05, 3.63) is 76.3 Å². The smallest absolute Gasteiger partial charge is 0.250 e. The van der Waals surface area contributed by atoms with Gasteiger partial charge in [-0.25, -0.2) is 0 Å². The third-order valence-corrected chi connectivity index (χ3v) is 5.64. The van der Waals surface area contributed by atoms with E-state index in [2.05, 4.69) is 21.6 Å². The second-order valence-corrected chi connectivity index (χ2v) is 7.98. The van der Waals surface area contributed by atoms with Gasteiger partial charge in [0, 0.05) is 16.9 Å². The number of hydrogen-bond acceptors (Lipinski definition) is 6. The van der Waals surface area contributed by atoms with Crippen LogP contribution in [0.4, 0.5) is 5.13 Å². The lowest BCUT2D eigenvalue weighted by Gasteiger charge is -1.98. The number of nitriles is 1. The van der Waals surface area contributed by atoms with Crippen molar-refractivity contribution in [2.45, 2.75) is 10.1 Å². The Bertz CT molecular complexity index is 1010. The molecular formula is C19H13ClN4OS2. The number of thioether (sulfide) groups is 1. The molecule has 0 aliphatic rings. The van der Waals surface area contributed by atoms with Crippen LogP contribution >= 0.6 is 34.7 Å². The number of anilines is 1. The number of hydrogen-bond donors (Lipinski definition) is 1. The lowest BCUT2D eigenvalue weighted by molar-refractivity contribution is -0.111. The molecule has 0 radical (unpaired) electrons. The molecule has 1 N–H and O–H groups in total. The van der Waals surface area contributed by atoms with Gasteiger partial charge in [0.25, 0.3) is 0 Å². The Hall–Kier alpha value is -2.66. The van der Waals surface area contributed by atoms with Gasteiger partial charge in [0.15, 0.2) is 4.34 Å². The largest absolute Gasteiger partial charge is 0.297 e. The highest BCUT2D eigenvalue weighted by atomic mass is 35.5. The van der Waals surface area contributed by atoms with Gasteiger partial charge >= 0.3 is 0 Å². The molecule has 0 bridgehead atoms. The zero-order valence-corrected chi connectivity index (χ0v) is 16.3. The number of nitrogens with zero attached hydrogens (tertiary/aromatic N) is 3. The zero-order chi connectivity index (χ0) is 19.1. The van der Waals surface area contributed by atoms with Crippen LogP contribution in [-0.2, 0) is 10.5 Å². The number of benzene rings is 2. The van der Waals surface area contributed by atoms with E-state index in [0.29, 0.717) is 21.5 Å². The number of halogens is 1. The first-order valence-corrected chi connectivity index (χ1v) is 10.0. The Morgan fingerprint density at radius 1 is 1.26 bits per heavy atom. The van der Waals surface area contributed by atoms with Crippen LogP contribution in [0.5, 0.6) is 0 Å². The van der Waals surface area contributed by atoms with Gasteiger partial charge in [-0.15, -0.1) is 10.2 Å². The number of carbonyl (C=O) groups excluding carboxylic acids is 1. The SMILES string of the molecule is N#Cc1ccc(CSc2nnc(NC(=O)/C=C/c3cccc(Cl)c3)s2)cc1. The van der Waals surface area contributed by atoms with E-state index in [0.717, 1.165) is 15.5 Å². The molecular weight excluding hydrogens is 400 g/mol. The van der Waals surface area contributed by atoms with E-state index in [9.17, 15) is 4.79 Å². The Labute approximate surface area is 169 Å². The van der Waals surface area contributed by atoms with E-state index in [-0.39, 0.29) is 5.91 Å². The van der Waals surface area contributed by atoms with Gasteiger partial charge in [0.1, 0.15) is 0 Å². The molecule has 0 aliphatic heterocycles. The summed E-state index contributed by atoms with van der Waals surface area (Å²) in [5.74, 6) is 0.429. The summed E-state index contributed by atoms with van der Waals surface area (Å²) in [6.07, 6.45) is 3.11. The van der Waals surface area contributed by atoms with E-state index in [1.807, 2.05) is 24.3 Å². The highest BCUT2D eigenvalue weighted by molar-refractivity contribution is 8.00. The summed E-state index contributed by atoms with van der Waals surface area (Å²) in [7, 11) is 0. The lowest BCUT2D eigenvalue weighted by Crippen LogP contribution is -2.07. The number of amides is 1. The molecule has 2 aromatic carbocycles. The second kappa shape index (κ2) is 9.33. The van der Waals surface area contributed by atoms with Crippen LogP contribution < -0.4 is 5.32 Å². The summed E-state index contributed by atoms with van der Waals surface area (Å²) in [5, 5.41) is 20.6. The fourth-order valence-electron chi connectivity index (χ4n) is 2.07. The maximum Gasteiger partial charge on any atom is 0.250 e. The highest BCUT2D eigenvalue weighted by Gasteiger charge is 2.07. The molecule has 0 atom stereocenters. The van der Waals surface area contributed by atoms with Crippen molar-refractivity contribution in [3.8, 4) is 6.07 Å². The van der Waals surface area contributed by atoms with Crippen LogP contribution in [0, 0.1) is 11.3 Å². The van der Waals surface area contributed by atoms with Crippen molar-refractivity contribution >= 4 is 51.8 Å². The van der Waals surface area contributed by atoms with Crippen LogP contribution in [-0.4, -0.2) is 16.1 Å². The van der Waals surface area contributed by atoms with Crippen molar-refractivity contribution in [3.63, 3.8) is 0 Å². The predicted octanol–water partition coefficient (Wildman–Crippen LogP) is 5.01. The maximum atomic E-state index is 12.0. The maximum absolute atomic E-state index is 12.0. The van der Waals surface area contributed by atoms with Gasteiger partial charge in [-0.05, 0) is 41.5 Å². The normalized spacial score (nSPS) is 10.7. The van der Waals surface area contributed by atoms with Gasteiger partial charge in [-0.3, -0.25) is 10.1 Å². The quantitative estimate of drug-likeness (QED) is 0.350. The summed E-state index contributed by atoms with van der Waals surface area (Å²) in [6, 6.07) is 16.7. The molecule has 3 aromatic rings. The van der Waals surface area contributed by atoms with Gasteiger partial charge in [0.05, 0.1) is 11.6 Å². The predicted molar refractivity (Wildman–Crippen MR) is 110 cm³/mol. The van der Waals surface area contributed by atoms with Crippen LogP contribution in [0.3, 0.4) is 0 Å². The Morgan fingerprint density at radius 2 is 2.07 bits per heavy atom. The van der Waals surface area contributed by atoms with Crippen LogP contribution in [0.1, 0.15) is 16.7 Å². The van der Waals surface area contributed by atoms with Crippen LogP contribution in [0.25, 0.3) is 6.08 Å². The number of nitrogens with one attached hydrogen (secondary N) is 1. The first kappa shape index (κ1) is 19.1. The summed E-state index contributed by atoms with van der Waals surface area (Å²) >= 11 is 8.75. The minimum Gasteiger partial charge on any atom is -0.297 e. The number of rotatable bonds is 6. The van der Waals surface area contributed by atoms with Crippen LogP contribution in [0.15, 0.2) is 58.9 Å². The molecule has 134 valence electrons. The molecule has 1 amide bonds. The fraction of sp³-hybridized carbons (Fsp3) is 0.0526. The summed E-state index contributed by atoms with van der Waals surface area (Å²) in [6.45, 7) is 0. The third-order valence-electron chi connectivity index (χ3n) is 3.36. The monoisotopic (exact) mass is 412 g/mol. The van der Waals surface area contributed by atoms with Gasteiger partial charge in [0.2, 0.25) is 11.0 Å². The van der Waals surface area contributed by atoms with Crippen molar-refractivity contribution in [1.82, 2.24) is 10.2 Å². The van der Waals surface area contributed by atoms with Crippen LogP contribution in [0.2, 0.25) is 5.02 Å². The standard InChI is InChI=1S/C19H13ClN4OS2/c20-16-3-1-2-13(10-16)8-9-17(25)22-18-23-24-19(27-18)26-12-15-6-4-14(11-21)5-7-15/h1-10H,12H2,(H,22,23,25)/b9-8+. The molecule has 0 saturated heterocycles. The topological polar surface area (TPSA) is 78.7 Å². The van der Waals surface area contributed by atoms with Gasteiger partial charge < -0.3 is 0 Å². The van der Waals surface area contributed by atoms with Crippen molar-refractivity contribution in [2.24, 2.45) is 0 Å². The molecule has 0 fully saturated rings. The molecule has 0 spiro atoms. The number of aromatic nitrogens is 2. The summed E-state index contributed by atoms with van der Waals surface area (Å²) in [5.41, 5.74) is 2.56. The molecule has 8 heteroatoms. The molecule has 1 heterocycles. The minimum absolute atomic E-state index is 0.283. The van der Waals surface area contributed by atoms with E-state index in [1.165, 1.54) is 29.2 Å². The average molecular weight is 413 g/mol. The molecule has 27 heavy (non-hydrogen) atoms. The Kier molecular flexibility index (Phi) is 6.60. The average Bonchev–Trinajstić information content (AvgIpc) is 3.12. The molecule has 5 nitrogen and oxygen atoms in total. The van der Waals surface area contributed by atoms with Crippen molar-refractivity contribution < 1.29 is 4.79 Å². The molecule has 3 rings (SSSR count). The molecule has 0 saturated carbocycles. The van der Waals surface area contributed by atoms with Gasteiger partial charge in [-0.1, -0.05) is 59.0 Å². The van der Waals surface area contributed by atoms with E-state index in [4.69, 9.17) is 16.9 Å². The third kappa shape index (κ3) is 5.93. The zero-order valence-electron chi connectivity index (χ0n) is 13.9. The summed E-state index contributed by atoms with van der Waals surface area (Å²) in [4.78, 5) is 12.0. The lowest BCUT2D eigenvalue weighted by atomic mass is 10.2. The highest BCUT2D eigenvalue weighted by Crippen LogP contribution is 2.28. The Balaban J connectivity index is 1.52. The first-order valence-electron chi connectivity index (χ1n) is 7.82. The fourth-order valence-corrected chi connectivity index (χ4v) is 3.98. The van der Waals surface area contributed by atoms with E-state index < -0.39 is 0 Å². The summed E-state index contributed by atoms with van der Waals surface area (Å²) < 4.78 is 0.758. The van der Waals surface area contributed by atoms with Crippen molar-refractivity contribution in [1.29, 1.82) is 5.26 Å².